The Hall–Kier alpha value is -1.92. The van der Waals surface area contributed by atoms with Crippen LogP contribution in [-0.4, -0.2) is 52.7 Å². The largest absolute Gasteiger partial charge is 0.341 e. The summed E-state index contributed by atoms with van der Waals surface area (Å²) in [6.45, 7) is 2.84. The minimum Gasteiger partial charge on any atom is -0.341 e. The Morgan fingerprint density at radius 3 is 2.76 bits per heavy atom. The number of imidazole rings is 1. The summed E-state index contributed by atoms with van der Waals surface area (Å²) in [5.41, 5.74) is 3.15. The highest BCUT2D eigenvalue weighted by molar-refractivity contribution is 9.10. The smallest absolute Gasteiger partial charge is 0.208 e. The number of hydrogen-bond donors (Lipinski definition) is 0. The van der Waals surface area contributed by atoms with Gasteiger partial charge in [0.05, 0.1) is 12.1 Å². The summed E-state index contributed by atoms with van der Waals surface area (Å²) >= 11 is 3.55. The van der Waals surface area contributed by atoms with Gasteiger partial charge < -0.3 is 14.4 Å². The van der Waals surface area contributed by atoms with Crippen LogP contribution in [0.3, 0.4) is 0 Å². The molecule has 0 aliphatic carbocycles. The molecule has 6 heteroatoms. The van der Waals surface area contributed by atoms with Gasteiger partial charge in [-0.2, -0.15) is 4.98 Å². The summed E-state index contributed by atoms with van der Waals surface area (Å²) in [5.74, 6) is 1.02. The number of rotatable bonds is 4. The molecule has 1 aliphatic rings. The Labute approximate surface area is 156 Å². The number of nitrogens with zero attached hydrogens (tertiary/aromatic N) is 5. The van der Waals surface area contributed by atoms with Gasteiger partial charge in [-0.1, -0.05) is 30.3 Å². The van der Waals surface area contributed by atoms with Crippen LogP contribution in [0.1, 0.15) is 12.0 Å². The Morgan fingerprint density at radius 2 is 2.04 bits per heavy atom. The van der Waals surface area contributed by atoms with Gasteiger partial charge in [0.2, 0.25) is 5.95 Å². The minimum absolute atomic E-state index is 0.574. The average Bonchev–Trinajstić information content (AvgIpc) is 3.21. The quantitative estimate of drug-likeness (QED) is 0.673. The summed E-state index contributed by atoms with van der Waals surface area (Å²) in [5, 5.41) is 0. The molecule has 0 N–H and O–H groups in total. The number of hydrogen-bond acceptors (Lipinski definition) is 4. The lowest BCUT2D eigenvalue weighted by Crippen LogP contribution is -2.32. The fourth-order valence-corrected chi connectivity index (χ4v) is 3.80. The van der Waals surface area contributed by atoms with Crippen molar-refractivity contribution in [3.8, 4) is 0 Å². The highest BCUT2D eigenvalue weighted by Crippen LogP contribution is 2.28. The zero-order chi connectivity index (χ0) is 17.4. The molecule has 130 valence electrons. The van der Waals surface area contributed by atoms with Crippen molar-refractivity contribution in [1.29, 1.82) is 0 Å². The second-order valence-corrected chi connectivity index (χ2v) is 7.75. The molecular weight excluding hydrogens is 378 g/mol. The monoisotopic (exact) mass is 399 g/mol. The fraction of sp³-hybridized carbons (Fsp3) is 0.368. The number of aromatic nitrogens is 3. The van der Waals surface area contributed by atoms with Crippen LogP contribution in [0.15, 0.2) is 47.1 Å². The summed E-state index contributed by atoms with van der Waals surface area (Å²) in [7, 11) is 4.31. The molecule has 3 heterocycles. The predicted molar refractivity (Wildman–Crippen MR) is 105 cm³/mol. The maximum atomic E-state index is 4.86. The molecule has 25 heavy (non-hydrogen) atoms. The van der Waals surface area contributed by atoms with Crippen molar-refractivity contribution in [3.05, 3.63) is 52.6 Å². The van der Waals surface area contributed by atoms with E-state index in [2.05, 4.69) is 85.8 Å². The van der Waals surface area contributed by atoms with Crippen LogP contribution in [0.2, 0.25) is 0 Å². The lowest BCUT2D eigenvalue weighted by atomic mass is 10.2. The number of pyridine rings is 1. The molecule has 2 aromatic heterocycles. The zero-order valence-electron chi connectivity index (χ0n) is 14.6. The van der Waals surface area contributed by atoms with Crippen LogP contribution >= 0.6 is 15.9 Å². The third-order valence-electron chi connectivity index (χ3n) is 4.91. The molecule has 0 spiro atoms. The van der Waals surface area contributed by atoms with E-state index in [0.717, 1.165) is 41.2 Å². The first-order valence-electron chi connectivity index (χ1n) is 8.59. The molecule has 1 fully saturated rings. The number of halogens is 1. The van der Waals surface area contributed by atoms with Crippen molar-refractivity contribution in [2.45, 2.75) is 19.0 Å². The Bertz CT molecular complexity index is 874. The molecule has 1 aliphatic heterocycles. The third kappa shape index (κ3) is 3.28. The number of benzene rings is 1. The van der Waals surface area contributed by atoms with Crippen molar-refractivity contribution in [2.24, 2.45) is 0 Å². The average molecular weight is 400 g/mol. The Kier molecular flexibility index (Phi) is 4.48. The highest BCUT2D eigenvalue weighted by Gasteiger charge is 2.28. The molecule has 0 saturated carbocycles. The van der Waals surface area contributed by atoms with Gasteiger partial charge in [-0.05, 0) is 48.1 Å². The van der Waals surface area contributed by atoms with Crippen molar-refractivity contribution < 1.29 is 0 Å². The number of likely N-dealkylation sites (N-methyl/N-ethyl adjacent to an activating group) is 1. The van der Waals surface area contributed by atoms with Crippen molar-refractivity contribution in [3.63, 3.8) is 0 Å². The molecule has 0 amide bonds. The molecule has 5 nitrogen and oxygen atoms in total. The fourth-order valence-electron chi connectivity index (χ4n) is 3.48. The van der Waals surface area contributed by atoms with E-state index in [-0.39, 0.29) is 0 Å². The van der Waals surface area contributed by atoms with Crippen LogP contribution in [-0.2, 0) is 6.54 Å². The lowest BCUT2D eigenvalue weighted by molar-refractivity contribution is 0.315. The SMILES string of the molecule is CN(C)[C@H]1CCN(c2nc3ncc(Br)cc3n2Cc2ccccc2)C1. The molecule has 0 unspecified atom stereocenters. The van der Waals surface area contributed by atoms with Gasteiger partial charge in [0.15, 0.2) is 5.65 Å². The van der Waals surface area contributed by atoms with E-state index in [4.69, 9.17) is 4.98 Å². The van der Waals surface area contributed by atoms with E-state index in [1.165, 1.54) is 12.0 Å². The summed E-state index contributed by atoms with van der Waals surface area (Å²) < 4.78 is 3.27. The molecule has 4 rings (SSSR count). The first kappa shape index (κ1) is 16.5. The second kappa shape index (κ2) is 6.77. The summed E-state index contributed by atoms with van der Waals surface area (Å²) in [6, 6.07) is 13.2. The van der Waals surface area contributed by atoms with Crippen LogP contribution < -0.4 is 4.90 Å². The highest BCUT2D eigenvalue weighted by atomic mass is 79.9. The van der Waals surface area contributed by atoms with E-state index >= 15 is 0 Å². The molecular formula is C19H22BrN5. The maximum Gasteiger partial charge on any atom is 0.208 e. The Morgan fingerprint density at radius 1 is 1.24 bits per heavy atom. The first-order valence-corrected chi connectivity index (χ1v) is 9.38. The predicted octanol–water partition coefficient (Wildman–Crippen LogP) is 3.38. The van der Waals surface area contributed by atoms with Crippen LogP contribution in [0.4, 0.5) is 5.95 Å². The van der Waals surface area contributed by atoms with Gasteiger partial charge in [-0.15, -0.1) is 0 Å². The van der Waals surface area contributed by atoms with Gasteiger partial charge in [-0.3, -0.25) is 0 Å². The van der Waals surface area contributed by atoms with Crippen LogP contribution in [0, 0.1) is 0 Å². The minimum atomic E-state index is 0.574. The second-order valence-electron chi connectivity index (χ2n) is 6.83. The molecule has 1 aromatic carbocycles. The molecule has 0 radical (unpaired) electrons. The van der Waals surface area contributed by atoms with Crippen molar-refractivity contribution in [1.82, 2.24) is 19.4 Å². The first-order chi connectivity index (χ1) is 12.1. The molecule has 1 saturated heterocycles. The standard InChI is InChI=1S/C19H22BrN5/c1-23(2)16-8-9-24(13-16)19-22-18-17(10-15(20)11-21-18)25(19)12-14-6-4-3-5-7-14/h3-7,10-11,16H,8-9,12-13H2,1-2H3/t16-/m0/s1. The number of fused-ring (bicyclic) bond motifs is 1. The van der Waals surface area contributed by atoms with Crippen molar-refractivity contribution in [2.75, 3.05) is 32.1 Å². The van der Waals surface area contributed by atoms with Crippen molar-refractivity contribution >= 4 is 33.0 Å². The summed E-state index contributed by atoms with van der Waals surface area (Å²) in [6.07, 6.45) is 2.98. The topological polar surface area (TPSA) is 37.2 Å². The van der Waals surface area contributed by atoms with E-state index < -0.39 is 0 Å². The van der Waals surface area contributed by atoms with E-state index in [1.54, 1.807) is 0 Å². The van der Waals surface area contributed by atoms with Crippen LogP contribution in [0.25, 0.3) is 11.2 Å². The van der Waals surface area contributed by atoms with Gasteiger partial charge >= 0.3 is 0 Å². The van der Waals surface area contributed by atoms with Gasteiger partial charge in [0, 0.05) is 29.8 Å². The van der Waals surface area contributed by atoms with E-state index in [0.29, 0.717) is 6.04 Å². The van der Waals surface area contributed by atoms with E-state index in [1.807, 2.05) is 6.20 Å². The molecule has 1 atom stereocenters. The summed E-state index contributed by atoms with van der Waals surface area (Å²) in [4.78, 5) is 14.1. The lowest BCUT2D eigenvalue weighted by Gasteiger charge is -2.22. The third-order valence-corrected chi connectivity index (χ3v) is 5.35. The maximum absolute atomic E-state index is 4.86. The van der Waals surface area contributed by atoms with Gasteiger partial charge in [-0.25, -0.2) is 4.98 Å². The molecule has 3 aromatic rings. The normalized spacial score (nSPS) is 17.8. The van der Waals surface area contributed by atoms with Gasteiger partial charge in [0.1, 0.15) is 0 Å². The molecule has 0 bridgehead atoms. The zero-order valence-corrected chi connectivity index (χ0v) is 16.1. The van der Waals surface area contributed by atoms with Gasteiger partial charge in [0.25, 0.3) is 0 Å². The van der Waals surface area contributed by atoms with Crippen LogP contribution in [0.5, 0.6) is 0 Å². The van der Waals surface area contributed by atoms with E-state index in [9.17, 15) is 0 Å². The number of anilines is 1. The Balaban J connectivity index is 1.76.